The van der Waals surface area contributed by atoms with Gasteiger partial charge < -0.3 is 15.4 Å². The quantitative estimate of drug-likeness (QED) is 0.825. The normalized spacial score (nSPS) is 13.9. The van der Waals surface area contributed by atoms with E-state index in [1.54, 1.807) is 6.33 Å². The maximum Gasteiger partial charge on any atom is 0.321 e. The zero-order valence-corrected chi connectivity index (χ0v) is 12.1. The number of rotatable bonds is 6. The Balaban J connectivity index is 2.70. The zero-order valence-electron chi connectivity index (χ0n) is 11.3. The van der Waals surface area contributed by atoms with Gasteiger partial charge in [0.15, 0.2) is 0 Å². The third-order valence-electron chi connectivity index (χ3n) is 2.91. The number of thioether (sulfide) groups is 1. The van der Waals surface area contributed by atoms with Crippen LogP contribution in [0.4, 0.5) is 0 Å². The van der Waals surface area contributed by atoms with Crippen molar-refractivity contribution in [1.29, 1.82) is 0 Å². The minimum absolute atomic E-state index is 0.347. The predicted molar refractivity (Wildman–Crippen MR) is 73.6 cm³/mol. The third kappa shape index (κ3) is 3.49. The Labute approximate surface area is 112 Å². The SMILES string of the molecule is CC(C)n1cncc1CSC(C)(C)[C@H](N)C(=O)O. The molecule has 1 heterocycles. The van der Waals surface area contributed by atoms with Crippen LogP contribution in [0.15, 0.2) is 12.5 Å². The van der Waals surface area contributed by atoms with Crippen LogP contribution in [0.2, 0.25) is 0 Å². The molecule has 1 aromatic rings. The first-order valence-corrected chi connectivity index (χ1v) is 6.87. The predicted octanol–water partition coefficient (Wildman–Crippen LogP) is 1.89. The van der Waals surface area contributed by atoms with E-state index < -0.39 is 16.8 Å². The van der Waals surface area contributed by atoms with E-state index in [0.717, 1.165) is 5.69 Å². The van der Waals surface area contributed by atoms with Crippen molar-refractivity contribution in [2.75, 3.05) is 0 Å². The maximum absolute atomic E-state index is 10.9. The van der Waals surface area contributed by atoms with Crippen LogP contribution >= 0.6 is 11.8 Å². The molecule has 5 nitrogen and oxygen atoms in total. The number of hydrogen-bond acceptors (Lipinski definition) is 4. The van der Waals surface area contributed by atoms with Crippen molar-refractivity contribution >= 4 is 17.7 Å². The van der Waals surface area contributed by atoms with Crippen LogP contribution in [0.1, 0.15) is 39.4 Å². The van der Waals surface area contributed by atoms with Crippen LogP contribution in [0, 0.1) is 0 Å². The summed E-state index contributed by atoms with van der Waals surface area (Å²) in [5, 5.41) is 8.96. The summed E-state index contributed by atoms with van der Waals surface area (Å²) < 4.78 is 1.56. The number of carboxylic acid groups (broad SMARTS) is 1. The molecule has 0 saturated carbocycles. The molecule has 0 amide bonds. The Morgan fingerprint density at radius 3 is 2.72 bits per heavy atom. The molecule has 0 spiro atoms. The van der Waals surface area contributed by atoms with E-state index in [4.69, 9.17) is 10.8 Å². The summed E-state index contributed by atoms with van der Waals surface area (Å²) >= 11 is 1.54. The molecule has 0 bridgehead atoms. The number of nitrogens with zero attached hydrogens (tertiary/aromatic N) is 2. The van der Waals surface area contributed by atoms with Gasteiger partial charge in [0.05, 0.1) is 6.33 Å². The number of carboxylic acids is 1. The number of aromatic nitrogens is 2. The molecule has 0 saturated heterocycles. The summed E-state index contributed by atoms with van der Waals surface area (Å²) in [6, 6.07) is -0.530. The Bertz CT molecular complexity index is 415. The molecular weight excluding hydrogens is 250 g/mol. The molecule has 1 aromatic heterocycles. The number of nitrogens with two attached hydrogens (primary N) is 1. The van der Waals surface area contributed by atoms with Gasteiger partial charge in [-0.2, -0.15) is 0 Å². The largest absolute Gasteiger partial charge is 0.480 e. The molecule has 1 atom stereocenters. The molecule has 102 valence electrons. The highest BCUT2D eigenvalue weighted by Gasteiger charge is 2.32. The van der Waals surface area contributed by atoms with Gasteiger partial charge in [-0.05, 0) is 27.7 Å². The maximum atomic E-state index is 10.9. The first kappa shape index (κ1) is 15.0. The number of hydrogen-bond donors (Lipinski definition) is 2. The van der Waals surface area contributed by atoms with Gasteiger partial charge in [0.25, 0.3) is 0 Å². The van der Waals surface area contributed by atoms with Gasteiger partial charge in [-0.15, -0.1) is 11.8 Å². The van der Waals surface area contributed by atoms with E-state index in [0.29, 0.717) is 11.8 Å². The molecule has 18 heavy (non-hydrogen) atoms. The number of aliphatic carboxylic acids is 1. The van der Waals surface area contributed by atoms with Gasteiger partial charge in [-0.1, -0.05) is 0 Å². The lowest BCUT2D eigenvalue weighted by molar-refractivity contribution is -0.139. The highest BCUT2D eigenvalue weighted by atomic mass is 32.2. The van der Waals surface area contributed by atoms with Crippen LogP contribution < -0.4 is 5.73 Å². The summed E-state index contributed by atoms with van der Waals surface area (Å²) in [7, 11) is 0. The Morgan fingerprint density at radius 2 is 2.22 bits per heavy atom. The van der Waals surface area contributed by atoms with Crippen molar-refractivity contribution in [2.45, 2.75) is 50.3 Å². The molecular formula is C12H21N3O2S. The molecule has 0 aliphatic heterocycles. The van der Waals surface area contributed by atoms with Crippen molar-refractivity contribution in [3.8, 4) is 0 Å². The van der Waals surface area contributed by atoms with E-state index in [-0.39, 0.29) is 0 Å². The summed E-state index contributed by atoms with van der Waals surface area (Å²) in [6.45, 7) is 7.88. The molecule has 0 fully saturated rings. The van der Waals surface area contributed by atoms with E-state index in [1.807, 2.05) is 20.0 Å². The molecule has 0 aliphatic carbocycles. The van der Waals surface area contributed by atoms with E-state index >= 15 is 0 Å². The molecule has 0 unspecified atom stereocenters. The van der Waals surface area contributed by atoms with E-state index in [1.165, 1.54) is 11.8 Å². The summed E-state index contributed by atoms with van der Waals surface area (Å²) in [5.41, 5.74) is 6.77. The van der Waals surface area contributed by atoms with E-state index in [9.17, 15) is 4.79 Å². The molecule has 0 aliphatic rings. The fourth-order valence-electron chi connectivity index (χ4n) is 1.56. The lowest BCUT2D eigenvalue weighted by atomic mass is 10.1. The molecule has 3 N–H and O–H groups in total. The van der Waals surface area contributed by atoms with Crippen molar-refractivity contribution in [1.82, 2.24) is 9.55 Å². The average molecular weight is 271 g/mol. The lowest BCUT2D eigenvalue weighted by Crippen LogP contribution is -2.46. The summed E-state index contributed by atoms with van der Waals surface area (Å²) in [5.74, 6) is -0.267. The first-order valence-electron chi connectivity index (χ1n) is 5.88. The lowest BCUT2D eigenvalue weighted by Gasteiger charge is -2.28. The van der Waals surface area contributed by atoms with Gasteiger partial charge in [0.2, 0.25) is 0 Å². The van der Waals surface area contributed by atoms with E-state index in [2.05, 4.69) is 23.4 Å². The molecule has 6 heteroatoms. The van der Waals surface area contributed by atoms with Crippen molar-refractivity contribution in [3.63, 3.8) is 0 Å². The standard InChI is InChI=1S/C12H21N3O2S/c1-8(2)15-7-14-5-9(15)6-18-12(3,4)10(13)11(16)17/h5,7-8,10H,6,13H2,1-4H3,(H,16,17)/t10-/m1/s1. The average Bonchev–Trinajstić information content (AvgIpc) is 2.73. The Kier molecular flexibility index (Phi) is 4.81. The zero-order chi connectivity index (χ0) is 13.9. The fourth-order valence-corrected chi connectivity index (χ4v) is 2.58. The van der Waals surface area contributed by atoms with Crippen molar-refractivity contribution < 1.29 is 9.90 Å². The first-order chi connectivity index (χ1) is 8.25. The van der Waals surface area contributed by atoms with Gasteiger partial charge in [-0.25, -0.2) is 4.98 Å². The van der Waals surface area contributed by atoms with Gasteiger partial charge >= 0.3 is 5.97 Å². The van der Waals surface area contributed by atoms with Crippen LogP contribution in [0.5, 0.6) is 0 Å². The monoisotopic (exact) mass is 271 g/mol. The number of carbonyl (C=O) groups is 1. The topological polar surface area (TPSA) is 81.1 Å². The second kappa shape index (κ2) is 5.75. The highest BCUT2D eigenvalue weighted by molar-refractivity contribution is 7.99. The fraction of sp³-hybridized carbons (Fsp3) is 0.667. The summed E-state index contributed by atoms with van der Waals surface area (Å²) in [4.78, 5) is 15.1. The molecule has 0 radical (unpaired) electrons. The summed E-state index contributed by atoms with van der Waals surface area (Å²) in [6.07, 6.45) is 3.61. The van der Waals surface area contributed by atoms with Crippen LogP contribution in [0.3, 0.4) is 0 Å². The van der Waals surface area contributed by atoms with Crippen molar-refractivity contribution in [3.05, 3.63) is 18.2 Å². The molecule has 1 rings (SSSR count). The highest BCUT2D eigenvalue weighted by Crippen LogP contribution is 2.31. The Morgan fingerprint density at radius 1 is 1.61 bits per heavy atom. The van der Waals surface area contributed by atoms with Crippen molar-refractivity contribution in [2.24, 2.45) is 5.73 Å². The molecule has 0 aromatic carbocycles. The third-order valence-corrected chi connectivity index (χ3v) is 4.35. The smallest absolute Gasteiger partial charge is 0.321 e. The number of imidazole rings is 1. The van der Waals surface area contributed by atoms with Crippen LogP contribution in [-0.2, 0) is 10.5 Å². The Hall–Kier alpha value is -1.01. The van der Waals surface area contributed by atoms with Crippen LogP contribution in [0.25, 0.3) is 0 Å². The minimum Gasteiger partial charge on any atom is -0.480 e. The van der Waals surface area contributed by atoms with Crippen LogP contribution in [-0.4, -0.2) is 31.4 Å². The second-order valence-electron chi connectivity index (χ2n) is 5.09. The minimum atomic E-state index is -0.968. The van der Waals surface area contributed by atoms with Gasteiger partial charge in [-0.3, -0.25) is 4.79 Å². The van der Waals surface area contributed by atoms with Gasteiger partial charge in [0, 0.05) is 28.4 Å². The van der Waals surface area contributed by atoms with Gasteiger partial charge in [0.1, 0.15) is 6.04 Å². The second-order valence-corrected chi connectivity index (χ2v) is 6.72.